The van der Waals surface area contributed by atoms with Gasteiger partial charge in [0.1, 0.15) is 11.3 Å². The maximum Gasteiger partial charge on any atom is 0.164 e. The molecule has 0 aliphatic heterocycles. The fourth-order valence-corrected chi connectivity index (χ4v) is 2.26. The first-order valence-corrected chi connectivity index (χ1v) is 6.62. The van der Waals surface area contributed by atoms with Crippen molar-refractivity contribution in [3.8, 4) is 5.69 Å². The molecule has 5 heteroatoms. The maximum absolute atomic E-state index is 5.12. The van der Waals surface area contributed by atoms with Crippen LogP contribution in [0.2, 0.25) is 0 Å². The summed E-state index contributed by atoms with van der Waals surface area (Å²) < 4.78 is 7.19. The van der Waals surface area contributed by atoms with Crippen molar-refractivity contribution in [2.45, 2.75) is 12.8 Å². The molecule has 0 saturated heterocycles. The van der Waals surface area contributed by atoms with Gasteiger partial charge in [-0.3, -0.25) is 9.55 Å². The number of pyridine rings is 2. The number of imidazole rings is 1. The van der Waals surface area contributed by atoms with E-state index < -0.39 is 0 Å². The maximum atomic E-state index is 5.12. The summed E-state index contributed by atoms with van der Waals surface area (Å²) in [6.07, 6.45) is 7.16. The van der Waals surface area contributed by atoms with Gasteiger partial charge in [-0.1, -0.05) is 0 Å². The average molecular weight is 268 g/mol. The monoisotopic (exact) mass is 268 g/mol. The second-order valence-electron chi connectivity index (χ2n) is 4.52. The van der Waals surface area contributed by atoms with Crippen LogP contribution in [0.25, 0.3) is 16.9 Å². The summed E-state index contributed by atoms with van der Waals surface area (Å²) in [5, 5.41) is 0. The Bertz CT molecular complexity index is 693. The van der Waals surface area contributed by atoms with E-state index in [9.17, 15) is 0 Å². The average Bonchev–Trinajstić information content (AvgIpc) is 2.86. The Labute approximate surface area is 117 Å². The van der Waals surface area contributed by atoms with E-state index in [4.69, 9.17) is 4.74 Å². The Morgan fingerprint density at radius 3 is 2.90 bits per heavy atom. The van der Waals surface area contributed by atoms with Crippen molar-refractivity contribution >= 4 is 11.2 Å². The SMILES string of the molecule is COCCCc1nc2cccnc2n1-c1cccnc1. The molecule has 3 rings (SSSR count). The molecule has 0 spiro atoms. The van der Waals surface area contributed by atoms with Gasteiger partial charge in [-0.2, -0.15) is 0 Å². The van der Waals surface area contributed by atoms with Crippen LogP contribution in [0.5, 0.6) is 0 Å². The summed E-state index contributed by atoms with van der Waals surface area (Å²) in [5.74, 6) is 0.990. The zero-order chi connectivity index (χ0) is 13.8. The lowest BCUT2D eigenvalue weighted by atomic mass is 10.3. The summed E-state index contributed by atoms with van der Waals surface area (Å²) in [4.78, 5) is 13.3. The van der Waals surface area contributed by atoms with Gasteiger partial charge < -0.3 is 4.74 Å². The summed E-state index contributed by atoms with van der Waals surface area (Å²) in [6.45, 7) is 0.726. The predicted molar refractivity (Wildman–Crippen MR) is 76.9 cm³/mol. The molecule has 0 unspecified atom stereocenters. The summed E-state index contributed by atoms with van der Waals surface area (Å²) in [6, 6.07) is 7.82. The van der Waals surface area contributed by atoms with Crippen LogP contribution < -0.4 is 0 Å². The van der Waals surface area contributed by atoms with Crippen molar-refractivity contribution < 1.29 is 4.74 Å². The Balaban J connectivity index is 2.09. The second kappa shape index (κ2) is 5.79. The highest BCUT2D eigenvalue weighted by Gasteiger charge is 2.12. The van der Waals surface area contributed by atoms with Crippen LogP contribution in [0.15, 0.2) is 42.9 Å². The number of rotatable bonds is 5. The van der Waals surface area contributed by atoms with Crippen molar-refractivity contribution in [3.63, 3.8) is 0 Å². The van der Waals surface area contributed by atoms with E-state index >= 15 is 0 Å². The van der Waals surface area contributed by atoms with Gasteiger partial charge in [-0.15, -0.1) is 0 Å². The van der Waals surface area contributed by atoms with Crippen LogP contribution in [0.4, 0.5) is 0 Å². The number of hydrogen-bond acceptors (Lipinski definition) is 4. The molecular formula is C15H16N4O. The third kappa shape index (κ3) is 2.40. The fourth-order valence-electron chi connectivity index (χ4n) is 2.26. The van der Waals surface area contributed by atoms with Crippen LogP contribution in [0, 0.1) is 0 Å². The van der Waals surface area contributed by atoms with Gasteiger partial charge >= 0.3 is 0 Å². The number of nitrogens with zero attached hydrogens (tertiary/aromatic N) is 4. The van der Waals surface area contributed by atoms with Gasteiger partial charge in [-0.25, -0.2) is 9.97 Å². The Hall–Kier alpha value is -2.27. The minimum Gasteiger partial charge on any atom is -0.385 e. The number of aromatic nitrogens is 4. The predicted octanol–water partition coefficient (Wildman–Crippen LogP) is 2.39. The normalized spacial score (nSPS) is 11.1. The quantitative estimate of drug-likeness (QED) is 0.667. The molecule has 3 aromatic rings. The van der Waals surface area contributed by atoms with Crippen LogP contribution in [0.1, 0.15) is 12.2 Å². The van der Waals surface area contributed by atoms with Gasteiger partial charge in [0.2, 0.25) is 0 Å². The molecule has 0 aliphatic carbocycles. The van der Waals surface area contributed by atoms with Gasteiger partial charge in [0.25, 0.3) is 0 Å². The Morgan fingerprint density at radius 2 is 2.10 bits per heavy atom. The summed E-state index contributed by atoms with van der Waals surface area (Å²) in [5.41, 5.74) is 2.76. The van der Waals surface area contributed by atoms with E-state index in [1.165, 1.54) is 0 Å². The molecule has 102 valence electrons. The Kier molecular flexibility index (Phi) is 3.69. The standard InChI is InChI=1S/C15H16N4O/c1-20-10-4-7-14-18-13-6-3-9-17-15(13)19(14)12-5-2-8-16-11-12/h2-3,5-6,8-9,11H,4,7,10H2,1H3. The molecule has 20 heavy (non-hydrogen) atoms. The topological polar surface area (TPSA) is 52.8 Å². The fraction of sp³-hybridized carbons (Fsp3) is 0.267. The lowest BCUT2D eigenvalue weighted by Crippen LogP contribution is -2.04. The highest BCUT2D eigenvalue weighted by atomic mass is 16.5. The summed E-state index contributed by atoms with van der Waals surface area (Å²) >= 11 is 0. The lowest BCUT2D eigenvalue weighted by Gasteiger charge is -2.07. The smallest absolute Gasteiger partial charge is 0.164 e. The molecule has 0 bridgehead atoms. The van der Waals surface area contributed by atoms with Gasteiger partial charge in [-0.05, 0) is 30.7 Å². The molecular weight excluding hydrogens is 252 g/mol. The van der Waals surface area contributed by atoms with Gasteiger partial charge in [0, 0.05) is 32.5 Å². The third-order valence-electron chi connectivity index (χ3n) is 3.14. The number of fused-ring (bicyclic) bond motifs is 1. The Morgan fingerprint density at radius 1 is 1.20 bits per heavy atom. The zero-order valence-corrected chi connectivity index (χ0v) is 11.4. The number of hydrogen-bond donors (Lipinski definition) is 0. The lowest BCUT2D eigenvalue weighted by molar-refractivity contribution is 0.194. The van der Waals surface area contributed by atoms with Gasteiger partial charge in [0.15, 0.2) is 5.65 Å². The third-order valence-corrected chi connectivity index (χ3v) is 3.14. The molecule has 3 heterocycles. The van der Waals surface area contributed by atoms with Crippen LogP contribution in [-0.2, 0) is 11.2 Å². The number of ether oxygens (including phenoxy) is 1. The molecule has 0 radical (unpaired) electrons. The van der Waals surface area contributed by atoms with E-state index in [2.05, 4.69) is 19.5 Å². The van der Waals surface area contributed by atoms with E-state index in [0.29, 0.717) is 0 Å². The molecule has 0 saturated carbocycles. The number of aryl methyl sites for hydroxylation is 1. The molecule has 3 aromatic heterocycles. The van der Waals surface area contributed by atoms with Crippen molar-refractivity contribution in [2.75, 3.05) is 13.7 Å². The first kappa shape index (κ1) is 12.7. The minimum atomic E-state index is 0.726. The molecule has 0 N–H and O–H groups in total. The zero-order valence-electron chi connectivity index (χ0n) is 11.4. The van der Waals surface area contributed by atoms with Crippen molar-refractivity contribution in [3.05, 3.63) is 48.7 Å². The highest BCUT2D eigenvalue weighted by molar-refractivity contribution is 5.73. The molecule has 0 aromatic carbocycles. The first-order valence-electron chi connectivity index (χ1n) is 6.62. The van der Waals surface area contributed by atoms with E-state index in [-0.39, 0.29) is 0 Å². The van der Waals surface area contributed by atoms with Crippen LogP contribution in [0.3, 0.4) is 0 Å². The van der Waals surface area contributed by atoms with E-state index in [0.717, 1.165) is 42.1 Å². The van der Waals surface area contributed by atoms with Crippen molar-refractivity contribution in [1.82, 2.24) is 19.5 Å². The first-order chi connectivity index (χ1) is 9.90. The minimum absolute atomic E-state index is 0.726. The van der Waals surface area contributed by atoms with Crippen LogP contribution in [-0.4, -0.2) is 33.2 Å². The molecule has 5 nitrogen and oxygen atoms in total. The second-order valence-corrected chi connectivity index (χ2v) is 4.52. The highest BCUT2D eigenvalue weighted by Crippen LogP contribution is 2.19. The molecule has 0 amide bonds. The molecule has 0 fully saturated rings. The largest absolute Gasteiger partial charge is 0.385 e. The van der Waals surface area contributed by atoms with Crippen molar-refractivity contribution in [2.24, 2.45) is 0 Å². The van der Waals surface area contributed by atoms with E-state index in [1.54, 1.807) is 19.5 Å². The number of methoxy groups -OCH3 is 1. The molecule has 0 aliphatic rings. The van der Waals surface area contributed by atoms with Gasteiger partial charge in [0.05, 0.1) is 11.9 Å². The summed E-state index contributed by atoms with van der Waals surface area (Å²) in [7, 11) is 1.71. The van der Waals surface area contributed by atoms with Crippen molar-refractivity contribution in [1.29, 1.82) is 0 Å². The van der Waals surface area contributed by atoms with E-state index in [1.807, 2.05) is 30.5 Å². The molecule has 0 atom stereocenters. The van der Waals surface area contributed by atoms with Crippen LogP contribution >= 0.6 is 0 Å².